The molecule has 2 heterocycles. The van der Waals surface area contributed by atoms with Crippen LogP contribution in [-0.2, 0) is 9.53 Å². The van der Waals surface area contributed by atoms with Crippen molar-refractivity contribution in [1.82, 2.24) is 14.8 Å². The maximum absolute atomic E-state index is 12.6. The third-order valence-corrected chi connectivity index (χ3v) is 6.33. The molecule has 156 valence electrons. The molecule has 3 rings (SSSR count). The molecule has 30 heavy (non-hydrogen) atoms. The average molecular weight is 445 g/mol. The summed E-state index contributed by atoms with van der Waals surface area (Å²) in [7, 11) is 0. The van der Waals surface area contributed by atoms with Gasteiger partial charge in [0.2, 0.25) is 5.91 Å². The van der Waals surface area contributed by atoms with Crippen LogP contribution in [0.15, 0.2) is 41.8 Å². The molecule has 1 N–H and O–H groups in total. The summed E-state index contributed by atoms with van der Waals surface area (Å²) in [6, 6.07) is 9.54. The number of nitrogens with one attached hydrogen (secondary N) is 1. The lowest BCUT2D eigenvalue weighted by molar-refractivity contribution is -0.113. The number of ether oxygens (including phenoxy) is 1. The van der Waals surface area contributed by atoms with Crippen LogP contribution in [0, 0.1) is 6.92 Å². The van der Waals surface area contributed by atoms with Gasteiger partial charge in [0.25, 0.3) is 0 Å². The Kier molecular flexibility index (Phi) is 7.01. The van der Waals surface area contributed by atoms with Gasteiger partial charge >= 0.3 is 5.97 Å². The van der Waals surface area contributed by atoms with E-state index in [1.54, 1.807) is 24.7 Å². The smallest absolute Gasteiger partial charge is 0.341 e. The van der Waals surface area contributed by atoms with E-state index >= 15 is 0 Å². The van der Waals surface area contributed by atoms with Gasteiger partial charge in [-0.15, -0.1) is 21.5 Å². The summed E-state index contributed by atoms with van der Waals surface area (Å²) in [5.41, 5.74) is 1.62. The van der Waals surface area contributed by atoms with E-state index in [4.69, 9.17) is 4.74 Å². The summed E-state index contributed by atoms with van der Waals surface area (Å²) in [5.74, 6) is -1.01. The van der Waals surface area contributed by atoms with Crippen molar-refractivity contribution < 1.29 is 19.1 Å². The molecule has 0 aliphatic heterocycles. The van der Waals surface area contributed by atoms with Gasteiger partial charge in [0.15, 0.2) is 10.9 Å². The highest BCUT2D eigenvalue weighted by molar-refractivity contribution is 7.99. The molecule has 1 aromatic carbocycles. The number of hydrogen-bond donors (Lipinski definition) is 1. The van der Waals surface area contributed by atoms with E-state index in [0.717, 1.165) is 17.0 Å². The van der Waals surface area contributed by atoms with E-state index in [0.29, 0.717) is 20.6 Å². The van der Waals surface area contributed by atoms with Crippen molar-refractivity contribution in [2.75, 3.05) is 17.7 Å². The molecule has 0 aliphatic rings. The maximum Gasteiger partial charge on any atom is 0.341 e. The number of aromatic nitrogens is 3. The summed E-state index contributed by atoms with van der Waals surface area (Å²) in [4.78, 5) is 37.2. The van der Waals surface area contributed by atoms with Gasteiger partial charge in [0.05, 0.1) is 22.8 Å². The highest BCUT2D eigenvalue weighted by Gasteiger charge is 2.25. The van der Waals surface area contributed by atoms with Crippen LogP contribution in [0.5, 0.6) is 0 Å². The van der Waals surface area contributed by atoms with Gasteiger partial charge in [0, 0.05) is 5.69 Å². The Morgan fingerprint density at radius 2 is 1.97 bits per heavy atom. The largest absolute Gasteiger partial charge is 0.462 e. The van der Waals surface area contributed by atoms with E-state index in [1.165, 1.54) is 18.7 Å². The molecule has 3 aromatic rings. The SMILES string of the molecule is CCOC(=O)c1c(NC(=O)CSc2nncn2-c2ccccc2)sc(C(C)=O)c1C. The van der Waals surface area contributed by atoms with Crippen molar-refractivity contribution in [3.63, 3.8) is 0 Å². The fourth-order valence-electron chi connectivity index (χ4n) is 2.77. The Morgan fingerprint density at radius 3 is 2.63 bits per heavy atom. The Morgan fingerprint density at radius 1 is 1.23 bits per heavy atom. The van der Waals surface area contributed by atoms with E-state index in [-0.39, 0.29) is 29.6 Å². The summed E-state index contributed by atoms with van der Waals surface area (Å²) in [5, 5.41) is 11.6. The minimum atomic E-state index is -0.564. The number of carbonyl (C=O) groups excluding carboxylic acids is 3. The van der Waals surface area contributed by atoms with Gasteiger partial charge in [-0.3, -0.25) is 14.2 Å². The zero-order valence-electron chi connectivity index (χ0n) is 16.7. The monoisotopic (exact) mass is 444 g/mol. The van der Waals surface area contributed by atoms with Crippen LogP contribution in [0.1, 0.15) is 39.4 Å². The van der Waals surface area contributed by atoms with Crippen LogP contribution >= 0.6 is 23.1 Å². The van der Waals surface area contributed by atoms with E-state index in [2.05, 4.69) is 15.5 Å². The summed E-state index contributed by atoms with van der Waals surface area (Å²) >= 11 is 2.29. The molecule has 0 fully saturated rings. The lowest BCUT2D eigenvalue weighted by Crippen LogP contribution is -2.16. The first-order valence-electron chi connectivity index (χ1n) is 9.11. The predicted molar refractivity (Wildman–Crippen MR) is 116 cm³/mol. The van der Waals surface area contributed by atoms with Crippen LogP contribution < -0.4 is 5.32 Å². The fourth-order valence-corrected chi connectivity index (χ4v) is 4.60. The second kappa shape index (κ2) is 9.68. The molecule has 0 saturated carbocycles. The van der Waals surface area contributed by atoms with Crippen LogP contribution in [0.25, 0.3) is 5.69 Å². The van der Waals surface area contributed by atoms with Gasteiger partial charge in [-0.25, -0.2) is 4.79 Å². The minimum Gasteiger partial charge on any atom is -0.462 e. The molecule has 10 heteroatoms. The zero-order chi connectivity index (χ0) is 21.7. The van der Waals surface area contributed by atoms with Gasteiger partial charge in [-0.2, -0.15) is 0 Å². The van der Waals surface area contributed by atoms with Crippen LogP contribution in [-0.4, -0.2) is 44.8 Å². The van der Waals surface area contributed by atoms with Crippen LogP contribution in [0.3, 0.4) is 0 Å². The number of ketones is 1. The number of thiophene rings is 1. The number of benzene rings is 1. The van der Waals surface area contributed by atoms with Gasteiger partial charge in [-0.1, -0.05) is 30.0 Å². The van der Waals surface area contributed by atoms with E-state index in [1.807, 2.05) is 30.3 Å². The number of para-hydroxylation sites is 1. The standard InChI is InChI=1S/C20H20N4O4S2/c1-4-28-19(27)16-12(2)17(13(3)25)30-18(16)22-15(26)10-29-20-23-21-11-24(20)14-8-6-5-7-9-14/h5-9,11H,4,10H2,1-3H3,(H,22,26). The quantitative estimate of drug-likeness (QED) is 0.321. The fraction of sp³-hybridized carbons (Fsp3) is 0.250. The Hall–Kier alpha value is -2.98. The van der Waals surface area contributed by atoms with Gasteiger partial charge < -0.3 is 10.1 Å². The Bertz CT molecular complexity index is 1080. The molecular weight excluding hydrogens is 424 g/mol. The topological polar surface area (TPSA) is 103 Å². The Labute approximate surface area is 181 Å². The zero-order valence-corrected chi connectivity index (χ0v) is 18.3. The summed E-state index contributed by atoms with van der Waals surface area (Å²) < 4.78 is 6.87. The Balaban J connectivity index is 1.75. The first-order valence-corrected chi connectivity index (χ1v) is 10.9. The molecule has 0 unspecified atom stereocenters. The first-order chi connectivity index (χ1) is 14.4. The van der Waals surface area contributed by atoms with Crippen molar-refractivity contribution in [3.05, 3.63) is 52.7 Å². The molecule has 0 bridgehead atoms. The number of nitrogens with zero attached hydrogens (tertiary/aromatic N) is 3. The minimum absolute atomic E-state index is 0.0557. The van der Waals surface area contributed by atoms with Crippen molar-refractivity contribution in [3.8, 4) is 5.69 Å². The van der Waals surface area contributed by atoms with Crippen molar-refractivity contribution in [2.24, 2.45) is 0 Å². The number of carbonyl (C=O) groups is 3. The number of esters is 1. The number of rotatable bonds is 8. The molecule has 0 aliphatic carbocycles. The molecule has 2 aromatic heterocycles. The third-order valence-electron chi connectivity index (χ3n) is 4.08. The molecule has 0 radical (unpaired) electrons. The number of anilines is 1. The molecule has 0 atom stereocenters. The van der Waals surface area contributed by atoms with Crippen molar-refractivity contribution in [2.45, 2.75) is 25.9 Å². The normalized spacial score (nSPS) is 10.6. The average Bonchev–Trinajstić information content (AvgIpc) is 3.31. The van der Waals surface area contributed by atoms with Gasteiger partial charge in [0.1, 0.15) is 11.3 Å². The second-order valence-corrected chi connectivity index (χ2v) is 8.16. The summed E-state index contributed by atoms with van der Waals surface area (Å²) in [6.07, 6.45) is 1.58. The number of amides is 1. The number of hydrogen-bond acceptors (Lipinski definition) is 8. The molecule has 0 spiro atoms. The molecule has 0 saturated heterocycles. The van der Waals surface area contributed by atoms with E-state index < -0.39 is 5.97 Å². The highest BCUT2D eigenvalue weighted by atomic mass is 32.2. The van der Waals surface area contributed by atoms with Crippen molar-refractivity contribution >= 4 is 45.8 Å². The highest BCUT2D eigenvalue weighted by Crippen LogP contribution is 2.34. The van der Waals surface area contributed by atoms with Crippen molar-refractivity contribution in [1.29, 1.82) is 0 Å². The van der Waals surface area contributed by atoms with Gasteiger partial charge in [-0.05, 0) is 38.5 Å². The first kappa shape index (κ1) is 21.7. The lowest BCUT2D eigenvalue weighted by atomic mass is 10.1. The molecule has 8 nitrogen and oxygen atoms in total. The number of Topliss-reactive ketones (excluding diaryl/α,β-unsaturated/α-hetero) is 1. The summed E-state index contributed by atoms with van der Waals surface area (Å²) in [6.45, 7) is 4.99. The lowest BCUT2D eigenvalue weighted by Gasteiger charge is -2.08. The van der Waals surface area contributed by atoms with Crippen LogP contribution in [0.4, 0.5) is 5.00 Å². The maximum atomic E-state index is 12.6. The third kappa shape index (κ3) is 4.77. The molecule has 1 amide bonds. The van der Waals surface area contributed by atoms with E-state index in [9.17, 15) is 14.4 Å². The molecular formula is C20H20N4O4S2. The van der Waals surface area contributed by atoms with Crippen LogP contribution in [0.2, 0.25) is 0 Å². The second-order valence-electron chi connectivity index (χ2n) is 6.19. The number of thioether (sulfide) groups is 1. The predicted octanol–water partition coefficient (Wildman–Crippen LogP) is 3.75.